The molecule has 0 aliphatic carbocycles. The molecule has 0 spiro atoms. The number of aryl methyl sites for hydroxylation is 1. The molecule has 0 bridgehead atoms. The van der Waals surface area contributed by atoms with Crippen molar-refractivity contribution in [3.05, 3.63) is 22.8 Å². The highest BCUT2D eigenvalue weighted by Gasteiger charge is 2.35. The summed E-state index contributed by atoms with van der Waals surface area (Å²) in [6, 6.07) is 1.84. The number of hydrogen-bond acceptors (Lipinski definition) is 4. The lowest BCUT2D eigenvalue weighted by Gasteiger charge is -2.29. The Kier molecular flexibility index (Phi) is 6.45. The maximum Gasteiger partial charge on any atom is 0.365 e. The summed E-state index contributed by atoms with van der Waals surface area (Å²) in [5.74, 6) is 0.525. The van der Waals surface area contributed by atoms with E-state index in [-0.39, 0.29) is 5.41 Å². The third kappa shape index (κ3) is 3.83. The van der Waals surface area contributed by atoms with Gasteiger partial charge in [-0.3, -0.25) is 4.57 Å². The van der Waals surface area contributed by atoms with Gasteiger partial charge in [-0.25, -0.2) is 0 Å². The van der Waals surface area contributed by atoms with Crippen molar-refractivity contribution in [3.8, 4) is 5.75 Å². The Morgan fingerprint density at radius 3 is 2.00 bits per heavy atom. The maximum atomic E-state index is 13.2. The Labute approximate surface area is 137 Å². The van der Waals surface area contributed by atoms with Crippen LogP contribution in [0.5, 0.6) is 5.75 Å². The highest BCUT2D eigenvalue weighted by atomic mass is 31.2. The van der Waals surface area contributed by atoms with Crippen molar-refractivity contribution in [1.82, 2.24) is 0 Å². The van der Waals surface area contributed by atoms with Crippen molar-refractivity contribution in [2.75, 3.05) is 13.2 Å². The van der Waals surface area contributed by atoms with E-state index >= 15 is 0 Å². The zero-order valence-corrected chi connectivity index (χ0v) is 16.5. The molecule has 0 N–H and O–H groups in total. The van der Waals surface area contributed by atoms with E-state index in [1.54, 1.807) is 13.8 Å². The van der Waals surface area contributed by atoms with Gasteiger partial charge >= 0.3 is 18.1 Å². The predicted molar refractivity (Wildman–Crippen MR) is 91.5 cm³/mol. The molecule has 0 aliphatic heterocycles. The second-order valence-corrected chi connectivity index (χ2v) is 8.42. The van der Waals surface area contributed by atoms with Crippen LogP contribution < -0.4 is 9.73 Å². The molecule has 22 heavy (non-hydrogen) atoms. The lowest BCUT2D eigenvalue weighted by atomic mass is 9.82. The topological polar surface area (TPSA) is 44.8 Å². The third-order valence-corrected chi connectivity index (χ3v) is 5.85. The van der Waals surface area contributed by atoms with Crippen LogP contribution in [0.3, 0.4) is 0 Å². The zero-order chi connectivity index (χ0) is 17.1. The van der Waals surface area contributed by atoms with Crippen LogP contribution in [-0.4, -0.2) is 23.7 Å². The van der Waals surface area contributed by atoms with E-state index in [4.69, 9.17) is 13.5 Å². The SMILES string of the molecule is CCOP(=O)(OCC)c1cc(C)c(C)c(C(C)(C)C)c1O[Si]. The third-order valence-electron chi connectivity index (χ3n) is 3.52. The Morgan fingerprint density at radius 1 is 1.14 bits per heavy atom. The number of benzene rings is 1. The van der Waals surface area contributed by atoms with Crippen molar-refractivity contribution < 1.29 is 18.0 Å². The molecule has 1 aromatic rings. The summed E-state index contributed by atoms with van der Waals surface area (Å²) in [7, 11) is -0.298. The molecule has 3 radical (unpaired) electrons. The highest BCUT2D eigenvalue weighted by Crippen LogP contribution is 2.51. The molecule has 0 aliphatic rings. The first-order valence-corrected chi connectivity index (χ1v) is 9.45. The Bertz CT molecular complexity index is 568. The molecular weight excluding hydrogens is 315 g/mol. The standard InChI is InChI=1S/C16H26O4PSi/c1-8-18-21(17,19-9-2)13-10-11(3)12(4)14(15(13)20-22)16(5,6)7/h10H,8-9H2,1-7H3. The first-order valence-electron chi connectivity index (χ1n) is 7.50. The summed E-state index contributed by atoms with van der Waals surface area (Å²) in [6.45, 7) is 14.5. The fourth-order valence-corrected chi connectivity index (χ4v) is 4.69. The second-order valence-electron chi connectivity index (χ2n) is 6.23. The van der Waals surface area contributed by atoms with Crippen LogP contribution in [0, 0.1) is 13.8 Å². The fourth-order valence-electron chi connectivity index (χ4n) is 2.60. The van der Waals surface area contributed by atoms with E-state index in [0.717, 1.165) is 16.7 Å². The van der Waals surface area contributed by atoms with Crippen molar-refractivity contribution in [3.63, 3.8) is 0 Å². The van der Waals surface area contributed by atoms with Gasteiger partial charge in [0.05, 0.1) is 13.2 Å². The average molecular weight is 341 g/mol. The van der Waals surface area contributed by atoms with Crippen molar-refractivity contribution >= 4 is 23.4 Å². The van der Waals surface area contributed by atoms with E-state index in [1.807, 2.05) is 19.9 Å². The van der Waals surface area contributed by atoms with Crippen LogP contribution in [0.25, 0.3) is 0 Å². The van der Waals surface area contributed by atoms with Gasteiger partial charge in [0.15, 0.2) is 0 Å². The van der Waals surface area contributed by atoms with E-state index in [2.05, 4.69) is 31.3 Å². The lowest BCUT2D eigenvalue weighted by molar-refractivity contribution is 0.229. The molecule has 6 heteroatoms. The predicted octanol–water partition coefficient (Wildman–Crippen LogP) is 3.95. The molecule has 1 rings (SSSR count). The van der Waals surface area contributed by atoms with Crippen LogP contribution in [-0.2, 0) is 19.0 Å². The molecule has 0 heterocycles. The molecule has 0 unspecified atom stereocenters. The van der Waals surface area contributed by atoms with Crippen molar-refractivity contribution in [1.29, 1.82) is 0 Å². The van der Waals surface area contributed by atoms with Crippen LogP contribution in [0.1, 0.15) is 51.3 Å². The quantitative estimate of drug-likeness (QED) is 0.580. The van der Waals surface area contributed by atoms with Crippen LogP contribution in [0.15, 0.2) is 6.07 Å². The molecular formula is C16H26O4PSi. The number of hydrogen-bond donors (Lipinski definition) is 0. The van der Waals surface area contributed by atoms with E-state index < -0.39 is 7.60 Å². The molecule has 0 atom stereocenters. The smallest absolute Gasteiger partial charge is 0.365 e. The molecule has 0 saturated carbocycles. The van der Waals surface area contributed by atoms with Crippen LogP contribution in [0.4, 0.5) is 0 Å². The first-order chi connectivity index (χ1) is 10.1. The summed E-state index contributed by atoms with van der Waals surface area (Å²) in [4.78, 5) is 0. The van der Waals surface area contributed by atoms with Crippen molar-refractivity contribution in [2.24, 2.45) is 0 Å². The minimum atomic E-state index is -3.43. The maximum absolute atomic E-state index is 13.2. The molecule has 1 aromatic carbocycles. The van der Waals surface area contributed by atoms with Crippen LogP contribution in [0.2, 0.25) is 0 Å². The summed E-state index contributed by atoms with van der Waals surface area (Å²) >= 11 is 0. The molecule has 0 saturated heterocycles. The largest absolute Gasteiger partial charge is 0.540 e. The van der Waals surface area contributed by atoms with Gasteiger partial charge in [-0.05, 0) is 50.3 Å². The second kappa shape index (κ2) is 7.31. The van der Waals surface area contributed by atoms with Gasteiger partial charge in [0.25, 0.3) is 0 Å². The minimum Gasteiger partial charge on any atom is -0.540 e. The minimum absolute atomic E-state index is 0.171. The zero-order valence-electron chi connectivity index (χ0n) is 14.6. The summed E-state index contributed by atoms with van der Waals surface area (Å²) in [5, 5.41) is 0.472. The first kappa shape index (κ1) is 19.4. The van der Waals surface area contributed by atoms with E-state index in [0.29, 0.717) is 24.3 Å². The molecule has 0 aromatic heterocycles. The Morgan fingerprint density at radius 2 is 1.64 bits per heavy atom. The monoisotopic (exact) mass is 341 g/mol. The normalized spacial score (nSPS) is 12.5. The van der Waals surface area contributed by atoms with Gasteiger partial charge in [-0.1, -0.05) is 20.8 Å². The van der Waals surface area contributed by atoms with Gasteiger partial charge in [-0.15, -0.1) is 0 Å². The Hall–Kier alpha value is -0.613. The average Bonchev–Trinajstić information content (AvgIpc) is 2.40. The van der Waals surface area contributed by atoms with Gasteiger partial charge in [0.1, 0.15) is 11.1 Å². The fraction of sp³-hybridized carbons (Fsp3) is 0.625. The van der Waals surface area contributed by atoms with E-state index in [1.165, 1.54) is 0 Å². The van der Waals surface area contributed by atoms with Gasteiger partial charge < -0.3 is 13.5 Å². The van der Waals surface area contributed by atoms with Gasteiger partial charge in [0, 0.05) is 5.56 Å². The summed E-state index contributed by atoms with van der Waals surface area (Å²) in [5.41, 5.74) is 2.98. The summed E-state index contributed by atoms with van der Waals surface area (Å²) in [6.07, 6.45) is 0. The van der Waals surface area contributed by atoms with Crippen LogP contribution >= 0.6 is 7.60 Å². The molecule has 4 nitrogen and oxygen atoms in total. The summed E-state index contributed by atoms with van der Waals surface area (Å²) < 4.78 is 29.6. The lowest BCUT2D eigenvalue weighted by Crippen LogP contribution is -2.23. The van der Waals surface area contributed by atoms with E-state index in [9.17, 15) is 4.57 Å². The molecule has 123 valence electrons. The highest BCUT2D eigenvalue weighted by molar-refractivity contribution is 7.62. The molecule has 0 fully saturated rings. The van der Waals surface area contributed by atoms with Gasteiger partial charge in [0.2, 0.25) is 0 Å². The number of rotatable bonds is 6. The Balaban J connectivity index is 3.75. The van der Waals surface area contributed by atoms with Gasteiger partial charge in [-0.2, -0.15) is 0 Å². The van der Waals surface area contributed by atoms with Crippen molar-refractivity contribution in [2.45, 2.75) is 53.9 Å². The molecule has 0 amide bonds.